The van der Waals surface area contributed by atoms with Gasteiger partial charge in [-0.15, -0.1) is 0 Å². The zero-order chi connectivity index (χ0) is 15.4. The van der Waals surface area contributed by atoms with Crippen molar-refractivity contribution in [3.8, 4) is 0 Å². The largest absolute Gasteiger partial charge is 0.325 e. The Bertz CT molecular complexity index is 527. The minimum atomic E-state index is -0.0614. The molecule has 0 radical (unpaired) electrons. The highest BCUT2D eigenvalue weighted by Crippen LogP contribution is 2.11. The molecule has 0 saturated carbocycles. The topological polar surface area (TPSA) is 50.6 Å². The second kappa shape index (κ2) is 6.85. The number of piperidine rings is 1. The fraction of sp³-hybridized carbons (Fsp3) is 0.529. The number of benzene rings is 1. The second-order valence-corrected chi connectivity index (χ2v) is 6.21. The normalized spacial score (nSPS) is 23.4. The number of likely N-dealkylation sites (tertiary alicyclic amines) is 1. The number of quaternary nitrogens is 1. The second-order valence-electron chi connectivity index (χ2n) is 6.21. The maximum Gasteiger partial charge on any atom is 0.282 e. The van der Waals surface area contributed by atoms with Crippen LogP contribution in [0, 0.1) is 5.92 Å². The fourth-order valence-corrected chi connectivity index (χ4v) is 2.97. The molecule has 1 saturated heterocycles. The average Bonchev–Trinajstić information content (AvgIpc) is 2.46. The Morgan fingerprint density at radius 3 is 2.81 bits per heavy atom. The molecule has 2 rings (SSSR count). The van der Waals surface area contributed by atoms with Gasteiger partial charge in [0.25, 0.3) is 5.91 Å². The van der Waals surface area contributed by atoms with E-state index in [0.29, 0.717) is 17.2 Å². The molecule has 1 aliphatic heterocycles. The minimum Gasteiger partial charge on any atom is -0.325 e. The lowest BCUT2D eigenvalue weighted by molar-refractivity contribution is -0.922. The van der Waals surface area contributed by atoms with E-state index in [1.54, 1.807) is 18.2 Å². The van der Waals surface area contributed by atoms with Gasteiger partial charge in [-0.3, -0.25) is 9.59 Å². The van der Waals surface area contributed by atoms with Gasteiger partial charge in [0, 0.05) is 17.2 Å². The third-order valence-corrected chi connectivity index (χ3v) is 4.35. The van der Waals surface area contributed by atoms with E-state index < -0.39 is 0 Å². The Morgan fingerprint density at radius 1 is 1.38 bits per heavy atom. The molecule has 21 heavy (non-hydrogen) atoms. The van der Waals surface area contributed by atoms with Crippen LogP contribution in [0.2, 0.25) is 0 Å². The van der Waals surface area contributed by atoms with Crippen molar-refractivity contribution in [3.05, 3.63) is 29.8 Å². The van der Waals surface area contributed by atoms with Crippen molar-refractivity contribution in [2.45, 2.75) is 39.7 Å². The molecule has 4 heteroatoms. The van der Waals surface area contributed by atoms with Gasteiger partial charge in [-0.25, -0.2) is 0 Å². The van der Waals surface area contributed by atoms with Gasteiger partial charge in [-0.1, -0.05) is 19.1 Å². The summed E-state index contributed by atoms with van der Waals surface area (Å²) in [6, 6.07) is 7.06. The quantitative estimate of drug-likeness (QED) is 0.826. The van der Waals surface area contributed by atoms with Crippen LogP contribution >= 0.6 is 0 Å². The van der Waals surface area contributed by atoms with Gasteiger partial charge in [0.1, 0.15) is 0 Å². The van der Waals surface area contributed by atoms with Gasteiger partial charge in [-0.2, -0.15) is 0 Å². The van der Waals surface area contributed by atoms with Gasteiger partial charge in [0.05, 0.1) is 13.1 Å². The van der Waals surface area contributed by atoms with Crippen molar-refractivity contribution in [1.82, 2.24) is 0 Å². The van der Waals surface area contributed by atoms with E-state index in [1.165, 1.54) is 24.7 Å². The van der Waals surface area contributed by atoms with Crippen molar-refractivity contribution in [1.29, 1.82) is 0 Å². The lowest BCUT2D eigenvalue weighted by atomic mass is 9.99. The van der Waals surface area contributed by atoms with Crippen molar-refractivity contribution in [3.63, 3.8) is 0 Å². The van der Waals surface area contributed by atoms with Crippen LogP contribution in [0.4, 0.5) is 5.69 Å². The predicted octanol–water partition coefficient (Wildman–Crippen LogP) is 1.53. The number of rotatable bonds is 4. The Balaban J connectivity index is 2.00. The van der Waals surface area contributed by atoms with Gasteiger partial charge in [-0.05, 0) is 38.8 Å². The van der Waals surface area contributed by atoms with Crippen LogP contribution in [0.1, 0.15) is 44.0 Å². The van der Waals surface area contributed by atoms with Gasteiger partial charge in [0.2, 0.25) is 0 Å². The first-order valence-electron chi connectivity index (χ1n) is 7.74. The summed E-state index contributed by atoms with van der Waals surface area (Å²) < 4.78 is 0. The molecular weight excluding hydrogens is 264 g/mol. The molecule has 3 atom stereocenters. The summed E-state index contributed by atoms with van der Waals surface area (Å²) in [4.78, 5) is 25.1. The van der Waals surface area contributed by atoms with Crippen molar-refractivity contribution in [2.75, 3.05) is 18.4 Å². The molecule has 1 unspecified atom stereocenters. The molecule has 1 aliphatic rings. The highest BCUT2D eigenvalue weighted by molar-refractivity contribution is 5.97. The van der Waals surface area contributed by atoms with Crippen LogP contribution in [0.3, 0.4) is 0 Å². The van der Waals surface area contributed by atoms with Crippen LogP contribution in [0.15, 0.2) is 24.3 Å². The van der Waals surface area contributed by atoms with E-state index in [9.17, 15) is 9.59 Å². The first kappa shape index (κ1) is 15.7. The van der Waals surface area contributed by atoms with E-state index in [1.807, 2.05) is 13.0 Å². The van der Waals surface area contributed by atoms with Crippen molar-refractivity contribution >= 4 is 17.4 Å². The van der Waals surface area contributed by atoms with E-state index >= 15 is 0 Å². The highest BCUT2D eigenvalue weighted by Gasteiger charge is 2.29. The van der Waals surface area contributed by atoms with E-state index in [2.05, 4.69) is 12.2 Å². The first-order chi connectivity index (χ1) is 9.97. The van der Waals surface area contributed by atoms with Crippen molar-refractivity contribution in [2.24, 2.45) is 5.92 Å². The minimum absolute atomic E-state index is 0.00891. The van der Waals surface area contributed by atoms with Gasteiger partial charge >= 0.3 is 0 Å². The van der Waals surface area contributed by atoms with Crippen LogP contribution in [-0.2, 0) is 4.79 Å². The monoisotopic (exact) mass is 289 g/mol. The molecule has 1 fully saturated rings. The molecule has 0 spiro atoms. The molecule has 2 N–H and O–H groups in total. The molecule has 1 aromatic carbocycles. The van der Waals surface area contributed by atoms with Crippen LogP contribution in [-0.4, -0.2) is 30.8 Å². The Kier molecular flexibility index (Phi) is 5.12. The number of hydrogen-bond donors (Lipinski definition) is 2. The molecule has 0 aromatic heterocycles. The number of Topliss-reactive ketones (excluding diaryl/α,β-unsaturated/α-hetero) is 1. The standard InChI is InChI=1S/C17H24N2O2/c1-12-6-5-9-19(11-12)13(2)17(21)18-16-8-4-7-15(10-16)14(3)20/h4,7-8,10,12-13H,5-6,9,11H2,1-3H3,(H,18,21)/p+1/t12-,13+/m1/s1. The summed E-state index contributed by atoms with van der Waals surface area (Å²) in [7, 11) is 0. The summed E-state index contributed by atoms with van der Waals surface area (Å²) >= 11 is 0. The number of carbonyl (C=O) groups is 2. The van der Waals surface area contributed by atoms with Gasteiger partial charge < -0.3 is 10.2 Å². The Hall–Kier alpha value is -1.68. The van der Waals surface area contributed by atoms with Crippen LogP contribution in [0.5, 0.6) is 0 Å². The first-order valence-corrected chi connectivity index (χ1v) is 7.74. The highest BCUT2D eigenvalue weighted by atomic mass is 16.2. The van der Waals surface area contributed by atoms with Gasteiger partial charge in [0.15, 0.2) is 11.8 Å². The van der Waals surface area contributed by atoms with E-state index in [4.69, 9.17) is 0 Å². The Labute approximate surface area is 126 Å². The third kappa shape index (κ3) is 4.14. The molecule has 114 valence electrons. The zero-order valence-electron chi connectivity index (χ0n) is 13.1. The average molecular weight is 289 g/mol. The zero-order valence-corrected chi connectivity index (χ0v) is 13.1. The summed E-state index contributed by atoms with van der Waals surface area (Å²) in [5, 5.41) is 2.94. The maximum absolute atomic E-state index is 12.4. The maximum atomic E-state index is 12.4. The molecule has 1 aromatic rings. The summed E-state index contributed by atoms with van der Waals surface area (Å²) in [5.74, 6) is 0.722. The number of hydrogen-bond acceptors (Lipinski definition) is 2. The fourth-order valence-electron chi connectivity index (χ4n) is 2.97. The molecular formula is C17H25N2O2+. The SMILES string of the molecule is CC(=O)c1cccc(NC(=O)[C@H](C)[NH+]2CCC[C@@H](C)C2)c1. The van der Waals surface area contributed by atoms with Crippen LogP contribution < -0.4 is 10.2 Å². The van der Waals surface area contributed by atoms with E-state index in [-0.39, 0.29) is 17.7 Å². The predicted molar refractivity (Wildman–Crippen MR) is 83.6 cm³/mol. The molecule has 0 bridgehead atoms. The summed E-state index contributed by atoms with van der Waals surface area (Å²) in [6.45, 7) is 7.88. The smallest absolute Gasteiger partial charge is 0.282 e. The number of nitrogens with one attached hydrogen (secondary N) is 2. The number of amides is 1. The number of ketones is 1. The number of anilines is 1. The molecule has 1 amide bonds. The van der Waals surface area contributed by atoms with Crippen LogP contribution in [0.25, 0.3) is 0 Å². The molecule has 0 aliphatic carbocycles. The Morgan fingerprint density at radius 2 is 2.14 bits per heavy atom. The lowest BCUT2D eigenvalue weighted by Crippen LogP contribution is -3.17. The van der Waals surface area contributed by atoms with E-state index in [0.717, 1.165) is 13.1 Å². The summed E-state index contributed by atoms with van der Waals surface area (Å²) in [6.07, 6.45) is 2.45. The van der Waals surface area contributed by atoms with Crippen molar-refractivity contribution < 1.29 is 14.5 Å². The lowest BCUT2D eigenvalue weighted by Gasteiger charge is -2.31. The molecule has 4 nitrogen and oxygen atoms in total. The molecule has 1 heterocycles. The number of carbonyl (C=O) groups excluding carboxylic acids is 2. The third-order valence-electron chi connectivity index (χ3n) is 4.35. The summed E-state index contributed by atoms with van der Waals surface area (Å²) in [5.41, 5.74) is 1.32.